The Labute approximate surface area is 262 Å². The highest BCUT2D eigenvalue weighted by Crippen LogP contribution is 2.27. The van der Waals surface area contributed by atoms with Crippen molar-refractivity contribution < 1.29 is 19.2 Å². The summed E-state index contributed by atoms with van der Waals surface area (Å²) in [5, 5.41) is 13.5. The molecule has 1 aliphatic rings. The monoisotopic (exact) mass is 634 g/mol. The first-order valence-electron chi connectivity index (χ1n) is 14.3. The van der Waals surface area contributed by atoms with Crippen LogP contribution in [-0.2, 0) is 18.3 Å². The maximum Gasteiger partial charge on any atom is 0.272 e. The summed E-state index contributed by atoms with van der Waals surface area (Å²) in [6.45, 7) is 4.22. The average Bonchev–Trinajstić information content (AvgIpc) is 3.78. The Bertz CT molecular complexity index is 1630. The molecule has 0 spiro atoms. The van der Waals surface area contributed by atoms with E-state index in [9.17, 15) is 19.2 Å². The molecule has 2 atom stereocenters. The number of hydrogen-bond donors (Lipinski definition) is 3. The largest absolute Gasteiger partial charge is 0.351 e. The molecule has 0 saturated carbocycles. The lowest BCUT2D eigenvalue weighted by Crippen LogP contribution is -2.43. The van der Waals surface area contributed by atoms with E-state index in [0.717, 1.165) is 5.56 Å². The standard InChI is InChI=1S/C30H34N8O4S2/c1-18(2)25-29-35-21(15-44-29)26(40)32-10-7-11-38(30(42)23-13-31-17-37(23)3)14-24(39)33-20(12-19-8-5-4-6-9-19)28-34-22(16-43-28)27(41)36-25/h4-6,8-9,13,15-18,20,25H,7,10-12,14H2,1-3H3,(H,32,40)(H,33,39)(H,36,41)/t20-,25-/m0/s1. The zero-order chi connectivity index (χ0) is 31.2. The second kappa shape index (κ2) is 13.9. The van der Waals surface area contributed by atoms with Gasteiger partial charge in [0.1, 0.15) is 27.1 Å². The van der Waals surface area contributed by atoms with Crippen molar-refractivity contribution in [3.63, 3.8) is 0 Å². The predicted molar refractivity (Wildman–Crippen MR) is 166 cm³/mol. The van der Waals surface area contributed by atoms with E-state index >= 15 is 0 Å². The van der Waals surface area contributed by atoms with E-state index < -0.39 is 12.1 Å². The average molecular weight is 635 g/mol. The van der Waals surface area contributed by atoms with Crippen molar-refractivity contribution in [1.29, 1.82) is 0 Å². The summed E-state index contributed by atoms with van der Waals surface area (Å²) >= 11 is 2.60. The number of carbonyl (C=O) groups is 4. The Balaban J connectivity index is 1.47. The molecule has 4 amide bonds. The molecule has 230 valence electrons. The van der Waals surface area contributed by atoms with Crippen LogP contribution >= 0.6 is 22.7 Å². The Morgan fingerprint density at radius 2 is 1.70 bits per heavy atom. The Hall–Kier alpha value is -4.43. The van der Waals surface area contributed by atoms with Gasteiger partial charge in [-0.15, -0.1) is 22.7 Å². The van der Waals surface area contributed by atoms with Gasteiger partial charge in [0.25, 0.3) is 17.7 Å². The number of imidazole rings is 1. The van der Waals surface area contributed by atoms with E-state index in [4.69, 9.17) is 0 Å². The van der Waals surface area contributed by atoms with Crippen LogP contribution in [-0.4, -0.2) is 67.7 Å². The number of hydrogen-bond acceptors (Lipinski definition) is 9. The van der Waals surface area contributed by atoms with Crippen LogP contribution in [0.2, 0.25) is 0 Å². The summed E-state index contributed by atoms with van der Waals surface area (Å²) < 4.78 is 1.60. The van der Waals surface area contributed by atoms with Crippen LogP contribution in [0, 0.1) is 5.92 Å². The van der Waals surface area contributed by atoms with Crippen LogP contribution in [0.15, 0.2) is 53.6 Å². The summed E-state index contributed by atoms with van der Waals surface area (Å²) in [6, 6.07) is 8.73. The summed E-state index contributed by atoms with van der Waals surface area (Å²) in [5.41, 5.74) is 1.80. The zero-order valence-electron chi connectivity index (χ0n) is 24.6. The molecular weight excluding hydrogens is 601 g/mol. The number of amides is 4. The molecule has 3 aromatic heterocycles. The number of benzene rings is 1. The maximum atomic E-state index is 13.5. The number of carbonyl (C=O) groups excluding carboxylic acids is 4. The van der Waals surface area contributed by atoms with Gasteiger partial charge in [-0.05, 0) is 24.3 Å². The van der Waals surface area contributed by atoms with Gasteiger partial charge in [-0.25, -0.2) is 15.0 Å². The Morgan fingerprint density at radius 3 is 2.41 bits per heavy atom. The normalized spacial score (nSPS) is 18.5. The third-order valence-electron chi connectivity index (χ3n) is 7.19. The maximum absolute atomic E-state index is 13.5. The van der Waals surface area contributed by atoms with Crippen molar-refractivity contribution in [3.05, 3.63) is 86.3 Å². The van der Waals surface area contributed by atoms with Gasteiger partial charge in [0.15, 0.2) is 0 Å². The van der Waals surface area contributed by atoms with Gasteiger partial charge in [0.05, 0.1) is 31.2 Å². The van der Waals surface area contributed by atoms with E-state index in [1.54, 1.807) is 22.4 Å². The zero-order valence-corrected chi connectivity index (χ0v) is 26.3. The van der Waals surface area contributed by atoms with Crippen molar-refractivity contribution >= 4 is 46.3 Å². The number of rotatable bonds is 4. The van der Waals surface area contributed by atoms with Crippen LogP contribution in [0.4, 0.5) is 0 Å². The lowest BCUT2D eigenvalue weighted by atomic mass is 10.0. The first-order valence-corrected chi connectivity index (χ1v) is 16.0. The van der Waals surface area contributed by atoms with E-state index in [2.05, 4.69) is 30.9 Å². The van der Waals surface area contributed by atoms with Crippen molar-refractivity contribution in [2.75, 3.05) is 19.6 Å². The van der Waals surface area contributed by atoms with Crippen LogP contribution in [0.1, 0.15) is 79.4 Å². The minimum atomic E-state index is -0.533. The number of nitrogens with zero attached hydrogens (tertiary/aromatic N) is 5. The molecule has 0 aliphatic carbocycles. The van der Waals surface area contributed by atoms with E-state index in [1.807, 2.05) is 44.2 Å². The third kappa shape index (κ3) is 7.37. The topological polar surface area (TPSA) is 151 Å². The molecule has 5 rings (SSSR count). The van der Waals surface area contributed by atoms with Crippen molar-refractivity contribution in [1.82, 2.24) is 40.4 Å². The number of nitrogens with one attached hydrogen (secondary N) is 3. The van der Waals surface area contributed by atoms with E-state index in [-0.39, 0.29) is 60.6 Å². The Morgan fingerprint density at radius 1 is 1.00 bits per heavy atom. The number of thiazole rings is 2. The lowest BCUT2D eigenvalue weighted by molar-refractivity contribution is -0.122. The van der Waals surface area contributed by atoms with Gasteiger partial charge in [0, 0.05) is 30.9 Å². The second-order valence-corrected chi connectivity index (χ2v) is 12.7. The predicted octanol–water partition coefficient (Wildman–Crippen LogP) is 3.14. The number of fused-ring (bicyclic) bond motifs is 4. The Kier molecular flexibility index (Phi) is 9.80. The van der Waals surface area contributed by atoms with Crippen molar-refractivity contribution in [3.8, 4) is 0 Å². The molecule has 0 fully saturated rings. The fourth-order valence-corrected chi connectivity index (χ4v) is 6.69. The highest BCUT2D eigenvalue weighted by Gasteiger charge is 2.28. The SMILES string of the molecule is CC(C)[C@@H]1NC(=O)c2csc(n2)[C@H](Cc2ccccc2)NC(=O)CN(C(=O)c2cncn2C)CCCNC(=O)c2csc1n2. The smallest absolute Gasteiger partial charge is 0.272 e. The first-order chi connectivity index (χ1) is 21.2. The van der Waals surface area contributed by atoms with Gasteiger partial charge in [-0.2, -0.15) is 0 Å². The molecule has 4 aromatic rings. The van der Waals surface area contributed by atoms with Crippen LogP contribution < -0.4 is 16.0 Å². The summed E-state index contributed by atoms with van der Waals surface area (Å²) in [7, 11) is 1.71. The van der Waals surface area contributed by atoms with Crippen LogP contribution in [0.5, 0.6) is 0 Å². The molecule has 0 unspecified atom stereocenters. The first kappa shape index (κ1) is 31.0. The van der Waals surface area contributed by atoms with Gasteiger partial charge in [-0.3, -0.25) is 19.2 Å². The molecule has 1 aromatic carbocycles. The van der Waals surface area contributed by atoms with Crippen LogP contribution in [0.3, 0.4) is 0 Å². The molecule has 1 aliphatic heterocycles. The minimum Gasteiger partial charge on any atom is -0.351 e. The fourth-order valence-electron chi connectivity index (χ4n) is 4.82. The highest BCUT2D eigenvalue weighted by atomic mass is 32.1. The van der Waals surface area contributed by atoms with Gasteiger partial charge in [0.2, 0.25) is 5.91 Å². The molecule has 3 N–H and O–H groups in total. The molecule has 0 radical (unpaired) electrons. The quantitative estimate of drug-likeness (QED) is 0.312. The molecule has 44 heavy (non-hydrogen) atoms. The molecule has 0 saturated heterocycles. The summed E-state index contributed by atoms with van der Waals surface area (Å²) in [5.74, 6) is -1.45. The van der Waals surface area contributed by atoms with Crippen molar-refractivity contribution in [2.24, 2.45) is 13.0 Å². The van der Waals surface area contributed by atoms with Gasteiger partial charge < -0.3 is 25.4 Å². The molecule has 4 bridgehead atoms. The molecule has 4 heterocycles. The highest BCUT2D eigenvalue weighted by molar-refractivity contribution is 7.10. The van der Waals surface area contributed by atoms with E-state index in [1.165, 1.54) is 40.1 Å². The molecular formula is C30H34N8O4S2. The van der Waals surface area contributed by atoms with E-state index in [0.29, 0.717) is 28.6 Å². The van der Waals surface area contributed by atoms with Crippen LogP contribution in [0.25, 0.3) is 0 Å². The third-order valence-corrected chi connectivity index (χ3v) is 9.08. The molecule has 12 nitrogen and oxygen atoms in total. The second-order valence-electron chi connectivity index (χ2n) is 10.9. The summed E-state index contributed by atoms with van der Waals surface area (Å²) in [4.78, 5) is 67.8. The lowest BCUT2D eigenvalue weighted by Gasteiger charge is -2.24. The molecule has 14 heteroatoms. The minimum absolute atomic E-state index is 0.00119. The van der Waals surface area contributed by atoms with Gasteiger partial charge in [-0.1, -0.05) is 44.2 Å². The van der Waals surface area contributed by atoms with Crippen molar-refractivity contribution in [2.45, 2.75) is 38.8 Å². The number of aromatic nitrogens is 4. The fraction of sp³-hybridized carbons (Fsp3) is 0.367. The number of aryl methyl sites for hydroxylation is 1. The summed E-state index contributed by atoms with van der Waals surface area (Å²) in [6.07, 6.45) is 3.84. The van der Waals surface area contributed by atoms with Gasteiger partial charge >= 0.3 is 0 Å².